The van der Waals surface area contributed by atoms with Crippen LogP contribution in [0, 0.1) is 0 Å². The van der Waals surface area contributed by atoms with E-state index >= 15 is 0 Å². The van der Waals surface area contributed by atoms with E-state index in [2.05, 4.69) is 15.9 Å². The summed E-state index contributed by atoms with van der Waals surface area (Å²) in [4.78, 5) is 0. The minimum atomic E-state index is -0.0354. The Morgan fingerprint density at radius 2 is 1.65 bits per heavy atom. The Hall–Kier alpha value is -0.500. The van der Waals surface area contributed by atoms with Gasteiger partial charge in [0.05, 0.1) is 5.38 Å². The molecule has 88 valence electrons. The van der Waals surface area contributed by atoms with E-state index in [1.54, 1.807) is 0 Å². The highest BCUT2D eigenvalue weighted by Gasteiger charge is 2.11. The molecule has 0 spiro atoms. The number of hydrogen-bond donors (Lipinski definition) is 0. The summed E-state index contributed by atoms with van der Waals surface area (Å²) in [7, 11) is 0. The van der Waals surface area contributed by atoms with Gasteiger partial charge < -0.3 is 0 Å². The fourth-order valence-electron chi connectivity index (χ4n) is 1.67. The third-order valence-corrected chi connectivity index (χ3v) is 3.93. The second-order valence-corrected chi connectivity index (χ2v) is 5.64. The average Bonchev–Trinajstić information content (AvgIpc) is 2.32. The molecular formula is C14H11BrCl2. The highest BCUT2D eigenvalue weighted by atomic mass is 79.9. The van der Waals surface area contributed by atoms with Crippen molar-refractivity contribution in [1.29, 1.82) is 0 Å². The standard InChI is InChI=1S/C14H11BrCl2/c15-13-4-2-1-3-12(13)14(17)9-10-5-7-11(16)8-6-10/h1-8,14H,9H2. The molecule has 0 fully saturated rings. The van der Waals surface area contributed by atoms with Gasteiger partial charge in [-0.15, -0.1) is 11.6 Å². The first kappa shape index (κ1) is 12.9. The maximum absolute atomic E-state index is 6.42. The molecule has 1 atom stereocenters. The molecule has 0 bridgehead atoms. The van der Waals surface area contributed by atoms with Crippen molar-refractivity contribution < 1.29 is 0 Å². The normalized spacial score (nSPS) is 12.4. The molecule has 0 heterocycles. The first-order valence-corrected chi connectivity index (χ1v) is 6.90. The van der Waals surface area contributed by atoms with Crippen LogP contribution in [0.25, 0.3) is 0 Å². The average molecular weight is 330 g/mol. The van der Waals surface area contributed by atoms with Crippen molar-refractivity contribution in [3.63, 3.8) is 0 Å². The minimum absolute atomic E-state index is 0.0354. The van der Waals surface area contributed by atoms with Crippen molar-refractivity contribution in [2.45, 2.75) is 11.8 Å². The van der Waals surface area contributed by atoms with Crippen molar-refractivity contribution in [3.05, 3.63) is 69.2 Å². The second-order valence-electron chi connectivity index (χ2n) is 3.82. The van der Waals surface area contributed by atoms with Gasteiger partial charge in [-0.05, 0) is 35.7 Å². The van der Waals surface area contributed by atoms with E-state index in [1.807, 2.05) is 48.5 Å². The second kappa shape index (κ2) is 5.90. The zero-order valence-electron chi connectivity index (χ0n) is 9.04. The van der Waals surface area contributed by atoms with Crippen molar-refractivity contribution in [2.24, 2.45) is 0 Å². The zero-order valence-corrected chi connectivity index (χ0v) is 12.1. The van der Waals surface area contributed by atoms with Gasteiger partial charge in [-0.25, -0.2) is 0 Å². The lowest BCUT2D eigenvalue weighted by Crippen LogP contribution is -1.96. The Morgan fingerprint density at radius 3 is 2.29 bits per heavy atom. The van der Waals surface area contributed by atoms with Crippen LogP contribution < -0.4 is 0 Å². The molecule has 0 nitrogen and oxygen atoms in total. The van der Waals surface area contributed by atoms with Crippen LogP contribution in [-0.4, -0.2) is 0 Å². The van der Waals surface area contributed by atoms with Crippen LogP contribution in [0.15, 0.2) is 53.0 Å². The van der Waals surface area contributed by atoms with E-state index in [1.165, 1.54) is 5.56 Å². The predicted molar refractivity (Wildman–Crippen MR) is 77.9 cm³/mol. The summed E-state index contributed by atoms with van der Waals surface area (Å²) in [6, 6.07) is 15.8. The Labute approximate surface area is 120 Å². The Kier molecular flexibility index (Phi) is 4.49. The van der Waals surface area contributed by atoms with Gasteiger partial charge in [0.1, 0.15) is 0 Å². The minimum Gasteiger partial charge on any atom is -0.117 e. The number of hydrogen-bond acceptors (Lipinski definition) is 0. The molecule has 0 aliphatic heterocycles. The molecule has 3 heteroatoms. The molecule has 0 radical (unpaired) electrons. The molecule has 2 rings (SSSR count). The number of halogens is 3. The van der Waals surface area contributed by atoms with Gasteiger partial charge in [0.25, 0.3) is 0 Å². The third kappa shape index (κ3) is 3.48. The van der Waals surface area contributed by atoms with E-state index in [9.17, 15) is 0 Å². The van der Waals surface area contributed by atoms with Crippen molar-refractivity contribution >= 4 is 39.1 Å². The van der Waals surface area contributed by atoms with Gasteiger partial charge in [-0.1, -0.05) is 57.9 Å². The summed E-state index contributed by atoms with van der Waals surface area (Å²) in [5.74, 6) is 0. The Balaban J connectivity index is 2.14. The van der Waals surface area contributed by atoms with E-state index in [0.29, 0.717) is 0 Å². The smallest absolute Gasteiger partial charge is 0.0636 e. The van der Waals surface area contributed by atoms with Gasteiger partial charge in [-0.3, -0.25) is 0 Å². The molecule has 0 aromatic heterocycles. The molecule has 0 saturated carbocycles. The zero-order chi connectivity index (χ0) is 12.3. The fourth-order valence-corrected chi connectivity index (χ4v) is 2.85. The van der Waals surface area contributed by atoms with Gasteiger partial charge in [0.15, 0.2) is 0 Å². The lowest BCUT2D eigenvalue weighted by Gasteiger charge is -2.11. The van der Waals surface area contributed by atoms with Crippen LogP contribution in [0.4, 0.5) is 0 Å². The number of benzene rings is 2. The van der Waals surface area contributed by atoms with Crippen molar-refractivity contribution in [1.82, 2.24) is 0 Å². The van der Waals surface area contributed by atoms with E-state index in [-0.39, 0.29) is 5.38 Å². The van der Waals surface area contributed by atoms with Gasteiger partial charge in [-0.2, -0.15) is 0 Å². The molecule has 0 amide bonds. The fraction of sp³-hybridized carbons (Fsp3) is 0.143. The number of rotatable bonds is 3. The maximum Gasteiger partial charge on any atom is 0.0636 e. The summed E-state index contributed by atoms with van der Waals surface area (Å²) in [6.45, 7) is 0. The van der Waals surface area contributed by atoms with Crippen LogP contribution in [0.1, 0.15) is 16.5 Å². The summed E-state index contributed by atoms with van der Waals surface area (Å²) >= 11 is 15.8. The number of alkyl halides is 1. The summed E-state index contributed by atoms with van der Waals surface area (Å²) in [5.41, 5.74) is 2.30. The van der Waals surface area contributed by atoms with Gasteiger partial charge >= 0.3 is 0 Å². The molecule has 0 aliphatic rings. The monoisotopic (exact) mass is 328 g/mol. The lowest BCUT2D eigenvalue weighted by atomic mass is 10.0. The first-order chi connectivity index (χ1) is 8.16. The summed E-state index contributed by atoms with van der Waals surface area (Å²) < 4.78 is 1.05. The SMILES string of the molecule is Clc1ccc(CC(Cl)c2ccccc2Br)cc1. The van der Waals surface area contributed by atoms with E-state index < -0.39 is 0 Å². The molecular weight excluding hydrogens is 319 g/mol. The van der Waals surface area contributed by atoms with Gasteiger partial charge in [0.2, 0.25) is 0 Å². The molecule has 17 heavy (non-hydrogen) atoms. The van der Waals surface area contributed by atoms with Crippen molar-refractivity contribution in [3.8, 4) is 0 Å². The third-order valence-electron chi connectivity index (χ3n) is 2.57. The van der Waals surface area contributed by atoms with Crippen LogP contribution in [-0.2, 0) is 6.42 Å². The van der Waals surface area contributed by atoms with Crippen molar-refractivity contribution in [2.75, 3.05) is 0 Å². The molecule has 2 aromatic rings. The maximum atomic E-state index is 6.42. The van der Waals surface area contributed by atoms with Crippen LogP contribution >= 0.6 is 39.1 Å². The lowest BCUT2D eigenvalue weighted by molar-refractivity contribution is 0.915. The van der Waals surface area contributed by atoms with Gasteiger partial charge in [0, 0.05) is 9.50 Å². The Morgan fingerprint density at radius 1 is 1.00 bits per heavy atom. The predicted octanol–water partition coefficient (Wildman–Crippen LogP) is 5.63. The highest BCUT2D eigenvalue weighted by molar-refractivity contribution is 9.10. The topological polar surface area (TPSA) is 0 Å². The first-order valence-electron chi connectivity index (χ1n) is 5.30. The Bertz CT molecular complexity index is 494. The summed E-state index contributed by atoms with van der Waals surface area (Å²) in [6.07, 6.45) is 0.793. The highest BCUT2D eigenvalue weighted by Crippen LogP contribution is 2.30. The van der Waals surface area contributed by atoms with Crippen LogP contribution in [0.3, 0.4) is 0 Å². The largest absolute Gasteiger partial charge is 0.117 e. The van der Waals surface area contributed by atoms with E-state index in [4.69, 9.17) is 23.2 Å². The quantitative estimate of drug-likeness (QED) is 0.640. The van der Waals surface area contributed by atoms with Crippen LogP contribution in [0.2, 0.25) is 5.02 Å². The molecule has 0 aliphatic carbocycles. The summed E-state index contributed by atoms with van der Waals surface area (Å²) in [5, 5.41) is 0.715. The molecule has 0 saturated heterocycles. The van der Waals surface area contributed by atoms with Crippen LogP contribution in [0.5, 0.6) is 0 Å². The van der Waals surface area contributed by atoms with E-state index in [0.717, 1.165) is 21.5 Å². The molecule has 0 N–H and O–H groups in total. The molecule has 1 unspecified atom stereocenters. The molecule has 2 aromatic carbocycles.